The zero-order chi connectivity index (χ0) is 17.6. The summed E-state index contributed by atoms with van der Waals surface area (Å²) >= 11 is 0. The number of likely N-dealkylation sites (tertiary alicyclic amines) is 1. The fraction of sp³-hybridized carbons (Fsp3) is 0.556. The number of hydrogen-bond donors (Lipinski definition) is 2. The molecule has 2 N–H and O–H groups in total. The third kappa shape index (κ3) is 4.92. The average Bonchev–Trinajstić information content (AvgIpc) is 3.03. The molecule has 2 heterocycles. The van der Waals surface area contributed by atoms with Crippen LogP contribution in [0.15, 0.2) is 24.3 Å². The molecule has 0 bridgehead atoms. The van der Waals surface area contributed by atoms with E-state index in [0.29, 0.717) is 25.6 Å². The number of nitrogens with zero attached hydrogens (tertiary/aromatic N) is 2. The van der Waals surface area contributed by atoms with Crippen LogP contribution in [0.25, 0.3) is 0 Å². The van der Waals surface area contributed by atoms with Crippen LogP contribution in [0, 0.1) is 5.82 Å². The molecule has 3 rings (SSSR count). The van der Waals surface area contributed by atoms with Crippen LogP contribution in [0.3, 0.4) is 0 Å². The standard InChI is InChI=1S/C18H25FN4O2/c19-15-3-1-14(2-4-15)5-8-20-17(24)13-22-10-6-16(7-11-22)23-12-9-21-18(23)25/h1-4,16H,5-13H2,(H,20,24)(H,21,25). The van der Waals surface area contributed by atoms with Crippen molar-refractivity contribution in [1.82, 2.24) is 20.4 Å². The molecule has 1 aromatic rings. The molecule has 0 unspecified atom stereocenters. The first kappa shape index (κ1) is 17.7. The van der Waals surface area contributed by atoms with Gasteiger partial charge in [0.1, 0.15) is 5.82 Å². The second-order valence-electron chi connectivity index (χ2n) is 6.66. The molecule has 136 valence electrons. The molecule has 3 amide bonds. The lowest BCUT2D eigenvalue weighted by atomic mass is 10.0. The molecule has 2 saturated heterocycles. The fourth-order valence-electron chi connectivity index (χ4n) is 3.48. The van der Waals surface area contributed by atoms with Crippen molar-refractivity contribution in [3.8, 4) is 0 Å². The van der Waals surface area contributed by atoms with Gasteiger partial charge in [0, 0.05) is 38.8 Å². The fourth-order valence-corrected chi connectivity index (χ4v) is 3.48. The smallest absolute Gasteiger partial charge is 0.317 e. The van der Waals surface area contributed by atoms with Gasteiger partial charge in [-0.15, -0.1) is 0 Å². The van der Waals surface area contributed by atoms with Gasteiger partial charge >= 0.3 is 6.03 Å². The molecule has 2 aliphatic rings. The first-order valence-electron chi connectivity index (χ1n) is 8.90. The van der Waals surface area contributed by atoms with E-state index in [4.69, 9.17) is 0 Å². The van der Waals surface area contributed by atoms with Crippen LogP contribution in [0.4, 0.5) is 9.18 Å². The van der Waals surface area contributed by atoms with E-state index in [1.165, 1.54) is 12.1 Å². The number of piperidine rings is 1. The average molecular weight is 348 g/mol. The Hall–Kier alpha value is -2.15. The van der Waals surface area contributed by atoms with Crippen molar-refractivity contribution >= 4 is 11.9 Å². The minimum absolute atomic E-state index is 0.0134. The topological polar surface area (TPSA) is 64.7 Å². The van der Waals surface area contributed by atoms with Crippen LogP contribution in [0.5, 0.6) is 0 Å². The molecule has 25 heavy (non-hydrogen) atoms. The van der Waals surface area contributed by atoms with Gasteiger partial charge in [-0.1, -0.05) is 12.1 Å². The highest BCUT2D eigenvalue weighted by molar-refractivity contribution is 5.78. The van der Waals surface area contributed by atoms with Crippen molar-refractivity contribution < 1.29 is 14.0 Å². The maximum Gasteiger partial charge on any atom is 0.317 e. The minimum atomic E-state index is -0.248. The predicted octanol–water partition coefficient (Wildman–Crippen LogP) is 0.974. The molecule has 2 fully saturated rings. The molecule has 2 aliphatic heterocycles. The minimum Gasteiger partial charge on any atom is -0.355 e. The van der Waals surface area contributed by atoms with Crippen molar-refractivity contribution in [2.45, 2.75) is 25.3 Å². The maximum absolute atomic E-state index is 12.8. The van der Waals surface area contributed by atoms with E-state index in [2.05, 4.69) is 15.5 Å². The second kappa shape index (κ2) is 8.29. The number of nitrogens with one attached hydrogen (secondary N) is 2. The molecule has 7 heteroatoms. The molecule has 0 aromatic heterocycles. The van der Waals surface area contributed by atoms with Crippen molar-refractivity contribution in [2.24, 2.45) is 0 Å². The van der Waals surface area contributed by atoms with E-state index >= 15 is 0 Å². The van der Waals surface area contributed by atoms with E-state index in [9.17, 15) is 14.0 Å². The molecule has 0 saturated carbocycles. The quantitative estimate of drug-likeness (QED) is 0.805. The number of benzene rings is 1. The largest absolute Gasteiger partial charge is 0.355 e. The molecule has 6 nitrogen and oxygen atoms in total. The first-order valence-corrected chi connectivity index (χ1v) is 8.90. The van der Waals surface area contributed by atoms with Crippen molar-refractivity contribution in [3.05, 3.63) is 35.6 Å². The van der Waals surface area contributed by atoms with Crippen LogP contribution in [-0.4, -0.2) is 67.0 Å². The van der Waals surface area contributed by atoms with Gasteiger partial charge in [0.15, 0.2) is 0 Å². The van der Waals surface area contributed by atoms with E-state index in [1.54, 1.807) is 12.1 Å². The summed E-state index contributed by atoms with van der Waals surface area (Å²) in [7, 11) is 0. The van der Waals surface area contributed by atoms with Gasteiger partial charge in [0.25, 0.3) is 0 Å². The van der Waals surface area contributed by atoms with Gasteiger partial charge in [-0.05, 0) is 37.0 Å². The Balaban J connectivity index is 1.33. The normalized spacial score (nSPS) is 19.1. The van der Waals surface area contributed by atoms with Gasteiger partial charge in [-0.25, -0.2) is 9.18 Å². The van der Waals surface area contributed by atoms with Gasteiger partial charge in [-0.3, -0.25) is 9.69 Å². The van der Waals surface area contributed by atoms with E-state index < -0.39 is 0 Å². The molecular formula is C18H25FN4O2. The first-order chi connectivity index (χ1) is 12.1. The summed E-state index contributed by atoms with van der Waals surface area (Å²) in [6.07, 6.45) is 2.52. The highest BCUT2D eigenvalue weighted by Gasteiger charge is 2.30. The van der Waals surface area contributed by atoms with Gasteiger partial charge in [0.2, 0.25) is 5.91 Å². The summed E-state index contributed by atoms with van der Waals surface area (Å²) in [6, 6.07) is 6.67. The van der Waals surface area contributed by atoms with E-state index in [0.717, 1.165) is 44.6 Å². The maximum atomic E-state index is 12.8. The lowest BCUT2D eigenvalue weighted by molar-refractivity contribution is -0.122. The Morgan fingerprint density at radius 3 is 2.56 bits per heavy atom. The summed E-state index contributed by atoms with van der Waals surface area (Å²) < 4.78 is 12.8. The summed E-state index contributed by atoms with van der Waals surface area (Å²) in [6.45, 7) is 4.12. The van der Waals surface area contributed by atoms with Gasteiger partial charge < -0.3 is 15.5 Å². The molecular weight excluding hydrogens is 323 g/mol. The van der Waals surface area contributed by atoms with Crippen LogP contribution in [0.1, 0.15) is 18.4 Å². The van der Waals surface area contributed by atoms with Crippen molar-refractivity contribution in [1.29, 1.82) is 0 Å². The Labute approximate surface area is 147 Å². The lowest BCUT2D eigenvalue weighted by Gasteiger charge is -2.35. The van der Waals surface area contributed by atoms with Crippen molar-refractivity contribution in [2.75, 3.05) is 39.3 Å². The molecule has 0 radical (unpaired) electrons. The van der Waals surface area contributed by atoms with Crippen LogP contribution >= 0.6 is 0 Å². The number of carbonyl (C=O) groups excluding carboxylic acids is 2. The van der Waals surface area contributed by atoms with Gasteiger partial charge in [0.05, 0.1) is 6.54 Å². The lowest BCUT2D eigenvalue weighted by Crippen LogP contribution is -2.48. The number of halogens is 1. The molecule has 0 spiro atoms. The summed E-state index contributed by atoms with van der Waals surface area (Å²) in [5.74, 6) is -0.234. The number of rotatable bonds is 6. The highest BCUT2D eigenvalue weighted by atomic mass is 19.1. The Morgan fingerprint density at radius 1 is 1.20 bits per heavy atom. The third-order valence-electron chi connectivity index (χ3n) is 4.90. The van der Waals surface area contributed by atoms with Crippen LogP contribution < -0.4 is 10.6 Å². The number of amides is 3. The van der Waals surface area contributed by atoms with Crippen LogP contribution in [0.2, 0.25) is 0 Å². The monoisotopic (exact) mass is 348 g/mol. The second-order valence-corrected chi connectivity index (χ2v) is 6.66. The van der Waals surface area contributed by atoms with Crippen molar-refractivity contribution in [3.63, 3.8) is 0 Å². The van der Waals surface area contributed by atoms with Crippen LogP contribution in [-0.2, 0) is 11.2 Å². The summed E-state index contributed by atoms with van der Waals surface area (Å²) in [5.41, 5.74) is 1.01. The predicted molar refractivity (Wildman–Crippen MR) is 92.7 cm³/mol. The summed E-state index contributed by atoms with van der Waals surface area (Å²) in [5, 5.41) is 5.76. The van der Waals surface area contributed by atoms with E-state index in [-0.39, 0.29) is 17.8 Å². The molecule has 0 atom stereocenters. The SMILES string of the molecule is O=C(CN1CCC(N2CCNC2=O)CC1)NCCc1ccc(F)cc1. The van der Waals surface area contributed by atoms with Gasteiger partial charge in [-0.2, -0.15) is 0 Å². The third-order valence-corrected chi connectivity index (χ3v) is 4.90. The Bertz CT molecular complexity index is 600. The number of urea groups is 1. The Morgan fingerprint density at radius 2 is 1.92 bits per heavy atom. The summed E-state index contributed by atoms with van der Waals surface area (Å²) in [4.78, 5) is 27.8. The number of carbonyl (C=O) groups is 2. The Kier molecular flexibility index (Phi) is 5.86. The number of hydrogen-bond acceptors (Lipinski definition) is 3. The molecule has 0 aliphatic carbocycles. The molecule has 1 aromatic carbocycles. The van der Waals surface area contributed by atoms with E-state index in [1.807, 2.05) is 4.90 Å². The highest BCUT2D eigenvalue weighted by Crippen LogP contribution is 2.18. The zero-order valence-corrected chi connectivity index (χ0v) is 14.3. The zero-order valence-electron chi connectivity index (χ0n) is 14.3.